The lowest BCUT2D eigenvalue weighted by Crippen LogP contribution is -2.45. The zero-order chi connectivity index (χ0) is 22.2. The van der Waals surface area contributed by atoms with E-state index in [-0.39, 0.29) is 28.9 Å². The van der Waals surface area contributed by atoms with E-state index in [9.17, 15) is 13.2 Å². The summed E-state index contributed by atoms with van der Waals surface area (Å²) in [5.41, 5.74) is 8.64. The number of piperidine rings is 1. The molecular formula is C20H22N6O4S. The Kier molecular flexibility index (Phi) is 5.46. The molecule has 10 nitrogen and oxygen atoms in total. The fraction of sp³-hybridized carbons (Fsp3) is 0.300. The van der Waals surface area contributed by atoms with Gasteiger partial charge in [0.15, 0.2) is 5.82 Å². The van der Waals surface area contributed by atoms with Gasteiger partial charge < -0.3 is 15.6 Å². The number of anilines is 1. The van der Waals surface area contributed by atoms with Crippen molar-refractivity contribution in [3.63, 3.8) is 0 Å². The predicted octanol–water partition coefficient (Wildman–Crippen LogP) is 1.55. The molecule has 1 aliphatic heterocycles. The lowest BCUT2D eigenvalue weighted by molar-refractivity contribution is -0.122. The van der Waals surface area contributed by atoms with Gasteiger partial charge in [0.1, 0.15) is 5.82 Å². The van der Waals surface area contributed by atoms with Gasteiger partial charge in [0.05, 0.1) is 10.5 Å². The van der Waals surface area contributed by atoms with Crippen molar-refractivity contribution in [2.75, 3.05) is 12.3 Å². The van der Waals surface area contributed by atoms with Gasteiger partial charge in [-0.05, 0) is 49.6 Å². The molecule has 1 fully saturated rings. The molecule has 1 aliphatic rings. The van der Waals surface area contributed by atoms with Gasteiger partial charge in [-0.1, -0.05) is 11.2 Å². The van der Waals surface area contributed by atoms with E-state index in [0.717, 1.165) is 5.56 Å². The number of nitrogens with two attached hydrogens (primary N) is 1. The van der Waals surface area contributed by atoms with Crippen molar-refractivity contribution in [1.82, 2.24) is 25.2 Å². The minimum Gasteiger partial charge on any atom is -0.383 e. The summed E-state index contributed by atoms with van der Waals surface area (Å²) in [6, 6.07) is 6.15. The van der Waals surface area contributed by atoms with Gasteiger partial charge in [0, 0.05) is 30.8 Å². The summed E-state index contributed by atoms with van der Waals surface area (Å²) in [6.07, 6.45) is 2.23. The first kappa shape index (κ1) is 20.9. The zero-order valence-corrected chi connectivity index (χ0v) is 17.9. The Morgan fingerprint density at radius 1 is 1.23 bits per heavy atom. The maximum absolute atomic E-state index is 12.9. The third-order valence-electron chi connectivity index (χ3n) is 5.08. The first-order valence-electron chi connectivity index (χ1n) is 9.69. The zero-order valence-electron chi connectivity index (χ0n) is 17.0. The first-order chi connectivity index (χ1) is 14.7. The minimum absolute atomic E-state index is 0.103. The quantitative estimate of drug-likeness (QED) is 0.538. The number of sulfonamides is 1. The van der Waals surface area contributed by atoms with Crippen LogP contribution in [0.1, 0.15) is 24.2 Å². The molecule has 0 radical (unpaired) electrons. The molecule has 1 atom stereocenters. The number of carbonyl (C=O) groups is 1. The third kappa shape index (κ3) is 4.42. The van der Waals surface area contributed by atoms with Crippen molar-refractivity contribution in [3.8, 4) is 22.6 Å². The molecule has 162 valence electrons. The van der Waals surface area contributed by atoms with Gasteiger partial charge in [-0.2, -0.15) is 4.98 Å². The summed E-state index contributed by atoms with van der Waals surface area (Å²) in [4.78, 5) is 20.1. The summed E-state index contributed by atoms with van der Waals surface area (Å²) in [7, 11) is -3.81. The lowest BCUT2D eigenvalue weighted by Gasteiger charge is -2.23. The van der Waals surface area contributed by atoms with Crippen LogP contribution in [0.4, 0.5) is 5.82 Å². The molecule has 1 unspecified atom stereocenters. The van der Waals surface area contributed by atoms with E-state index < -0.39 is 16.1 Å². The molecule has 0 bridgehead atoms. The Morgan fingerprint density at radius 2 is 2.03 bits per heavy atom. The predicted molar refractivity (Wildman–Crippen MR) is 113 cm³/mol. The highest BCUT2D eigenvalue weighted by molar-refractivity contribution is 7.89. The van der Waals surface area contributed by atoms with Crippen LogP contribution in [0, 0.1) is 13.8 Å². The molecule has 3 aromatic rings. The Labute approximate surface area is 179 Å². The fourth-order valence-corrected chi connectivity index (χ4v) is 4.75. The molecule has 31 heavy (non-hydrogen) atoms. The molecule has 4 rings (SSSR count). The second-order valence-corrected chi connectivity index (χ2v) is 9.16. The Bertz CT molecular complexity index is 1250. The van der Waals surface area contributed by atoms with Gasteiger partial charge in [0.25, 0.3) is 5.89 Å². The first-order valence-corrected chi connectivity index (χ1v) is 11.2. The van der Waals surface area contributed by atoms with Gasteiger partial charge in [-0.3, -0.25) is 4.79 Å². The second kappa shape index (κ2) is 8.08. The Morgan fingerprint density at radius 3 is 2.74 bits per heavy atom. The van der Waals surface area contributed by atoms with Crippen molar-refractivity contribution in [3.05, 3.63) is 41.9 Å². The topological polar surface area (TPSA) is 153 Å². The smallest absolute Gasteiger partial charge is 0.261 e. The number of aryl methyl sites for hydroxylation is 2. The molecule has 1 amide bonds. The van der Waals surface area contributed by atoms with Gasteiger partial charge in [-0.15, -0.1) is 0 Å². The number of aromatic nitrogens is 3. The summed E-state index contributed by atoms with van der Waals surface area (Å²) in [5, 5.41) is 6.47. The van der Waals surface area contributed by atoms with Crippen LogP contribution in [-0.4, -0.2) is 42.0 Å². The number of carbonyl (C=O) groups excluding carboxylic acids is 1. The van der Waals surface area contributed by atoms with Crippen molar-refractivity contribution >= 4 is 21.7 Å². The average Bonchev–Trinajstić information content (AvgIpc) is 3.14. The third-order valence-corrected chi connectivity index (χ3v) is 6.59. The van der Waals surface area contributed by atoms with E-state index in [1.165, 1.54) is 6.07 Å². The Hall–Kier alpha value is -3.31. The molecule has 4 N–H and O–H groups in total. The standard InChI is InChI=1S/C20H22N6O4S/c1-11-3-4-15(31(28,29)26-14-5-6-22-18(27)8-14)9-16(11)13-7-17(19(21)23-10-13)20-24-12(2)25-30-20/h3-4,7,9-10,14,26H,5-6,8H2,1-2H3,(H2,21,23)(H,22,27). The van der Waals surface area contributed by atoms with Crippen molar-refractivity contribution < 1.29 is 17.7 Å². The maximum atomic E-state index is 12.9. The van der Waals surface area contributed by atoms with Crippen molar-refractivity contribution in [2.24, 2.45) is 0 Å². The maximum Gasteiger partial charge on any atom is 0.261 e. The van der Waals surface area contributed by atoms with Crippen LogP contribution in [0.2, 0.25) is 0 Å². The van der Waals surface area contributed by atoms with Crippen LogP contribution in [0.5, 0.6) is 0 Å². The highest BCUT2D eigenvalue weighted by Crippen LogP contribution is 2.31. The van der Waals surface area contributed by atoms with E-state index in [1.54, 1.807) is 31.3 Å². The minimum atomic E-state index is -3.81. The number of hydrogen-bond donors (Lipinski definition) is 3. The number of nitrogens with one attached hydrogen (secondary N) is 2. The van der Waals surface area contributed by atoms with Gasteiger partial charge >= 0.3 is 0 Å². The highest BCUT2D eigenvalue weighted by Gasteiger charge is 2.25. The molecule has 1 saturated heterocycles. The molecule has 11 heteroatoms. The summed E-state index contributed by atoms with van der Waals surface area (Å²) in [6.45, 7) is 4.01. The number of nitrogen functional groups attached to an aromatic ring is 1. The van der Waals surface area contributed by atoms with E-state index in [0.29, 0.717) is 35.5 Å². The van der Waals surface area contributed by atoms with Crippen LogP contribution in [0.15, 0.2) is 39.9 Å². The second-order valence-electron chi connectivity index (χ2n) is 7.44. The van der Waals surface area contributed by atoms with E-state index in [4.69, 9.17) is 10.3 Å². The van der Waals surface area contributed by atoms with Crippen molar-refractivity contribution in [2.45, 2.75) is 37.6 Å². The number of pyridine rings is 1. The molecular weight excluding hydrogens is 420 g/mol. The molecule has 0 aliphatic carbocycles. The van der Waals surface area contributed by atoms with Gasteiger partial charge in [0.2, 0.25) is 15.9 Å². The van der Waals surface area contributed by atoms with Crippen molar-refractivity contribution in [1.29, 1.82) is 0 Å². The number of benzene rings is 1. The molecule has 0 spiro atoms. The lowest BCUT2D eigenvalue weighted by atomic mass is 10.0. The highest BCUT2D eigenvalue weighted by atomic mass is 32.2. The van der Waals surface area contributed by atoms with E-state index >= 15 is 0 Å². The van der Waals surface area contributed by atoms with Crippen LogP contribution in [-0.2, 0) is 14.8 Å². The summed E-state index contributed by atoms with van der Waals surface area (Å²) < 4.78 is 33.7. The number of rotatable bonds is 5. The summed E-state index contributed by atoms with van der Waals surface area (Å²) in [5.74, 6) is 0.765. The average molecular weight is 443 g/mol. The number of amides is 1. The number of nitrogens with zero attached hydrogens (tertiary/aromatic N) is 3. The van der Waals surface area contributed by atoms with Crippen LogP contribution < -0.4 is 15.8 Å². The fourth-order valence-electron chi connectivity index (χ4n) is 3.45. The largest absolute Gasteiger partial charge is 0.383 e. The molecule has 3 heterocycles. The molecule has 0 saturated carbocycles. The number of hydrogen-bond acceptors (Lipinski definition) is 8. The van der Waals surface area contributed by atoms with Crippen LogP contribution >= 0.6 is 0 Å². The molecule has 1 aromatic carbocycles. The van der Waals surface area contributed by atoms with Crippen LogP contribution in [0.25, 0.3) is 22.6 Å². The van der Waals surface area contributed by atoms with Crippen LogP contribution in [0.3, 0.4) is 0 Å². The summed E-state index contributed by atoms with van der Waals surface area (Å²) >= 11 is 0. The SMILES string of the molecule is Cc1noc(-c2cc(-c3cc(S(=O)(=O)NC4CCNC(=O)C4)ccc3C)cnc2N)n1. The van der Waals surface area contributed by atoms with E-state index in [1.807, 2.05) is 6.92 Å². The molecule has 2 aromatic heterocycles. The monoisotopic (exact) mass is 442 g/mol. The Balaban J connectivity index is 1.69. The van der Waals surface area contributed by atoms with Gasteiger partial charge in [-0.25, -0.2) is 18.1 Å². The normalized spacial score (nSPS) is 16.8. The van der Waals surface area contributed by atoms with E-state index in [2.05, 4.69) is 25.2 Å².